The molecule has 1 N–H and O–H groups in total. The highest BCUT2D eigenvalue weighted by atomic mass is 35.5. The maximum Gasteiger partial charge on any atom is 0.176 e. The fraction of sp³-hybridized carbons (Fsp3) is 0.545. The summed E-state index contributed by atoms with van der Waals surface area (Å²) in [5.74, 6) is 0. The summed E-state index contributed by atoms with van der Waals surface area (Å²) in [7, 11) is 3.20. The van der Waals surface area contributed by atoms with Crippen LogP contribution in [0.2, 0.25) is 5.15 Å². The number of ether oxygens (including phenoxy) is 2. The van der Waals surface area contributed by atoms with Crippen LogP contribution in [-0.4, -0.2) is 31.5 Å². The third-order valence-electron chi connectivity index (χ3n) is 2.36. The van der Waals surface area contributed by atoms with Crippen LogP contribution in [0.1, 0.15) is 12.5 Å². The average molecular weight is 245 g/mol. The molecule has 0 spiro atoms. The lowest BCUT2D eigenvalue weighted by Crippen LogP contribution is -2.34. The van der Waals surface area contributed by atoms with E-state index < -0.39 is 0 Å². The molecule has 1 aromatic heterocycles. The lowest BCUT2D eigenvalue weighted by molar-refractivity contribution is -0.109. The summed E-state index contributed by atoms with van der Waals surface area (Å²) in [6, 6.07) is 1.88. The van der Waals surface area contributed by atoms with Gasteiger partial charge in [0.1, 0.15) is 0 Å². The van der Waals surface area contributed by atoms with E-state index in [9.17, 15) is 0 Å². The first-order valence-corrected chi connectivity index (χ1v) is 5.41. The van der Waals surface area contributed by atoms with Gasteiger partial charge in [-0.15, -0.1) is 0 Å². The van der Waals surface area contributed by atoms with Gasteiger partial charge in [0.05, 0.1) is 11.7 Å². The fourth-order valence-corrected chi connectivity index (χ4v) is 1.76. The van der Waals surface area contributed by atoms with Gasteiger partial charge in [-0.1, -0.05) is 11.6 Å². The first kappa shape index (κ1) is 13.2. The van der Waals surface area contributed by atoms with Crippen molar-refractivity contribution in [2.24, 2.45) is 0 Å². The Morgan fingerprint density at radius 1 is 1.38 bits per heavy atom. The van der Waals surface area contributed by atoms with Gasteiger partial charge in [0.2, 0.25) is 0 Å². The van der Waals surface area contributed by atoms with Gasteiger partial charge >= 0.3 is 0 Å². The van der Waals surface area contributed by atoms with Gasteiger partial charge in [-0.3, -0.25) is 0 Å². The van der Waals surface area contributed by atoms with E-state index in [1.165, 1.54) is 0 Å². The largest absolute Gasteiger partial charge is 0.375 e. The van der Waals surface area contributed by atoms with Crippen molar-refractivity contribution >= 4 is 17.3 Å². The Kier molecular flexibility index (Phi) is 4.99. The van der Waals surface area contributed by atoms with Crippen LogP contribution in [0.15, 0.2) is 12.3 Å². The van der Waals surface area contributed by atoms with Crippen LogP contribution < -0.4 is 5.32 Å². The molecule has 1 atom stereocenters. The highest BCUT2D eigenvalue weighted by Gasteiger charge is 2.17. The van der Waals surface area contributed by atoms with E-state index in [-0.39, 0.29) is 12.3 Å². The predicted octanol–water partition coefficient (Wildman–Crippen LogP) is 2.46. The molecule has 5 heteroatoms. The lowest BCUT2D eigenvalue weighted by Gasteiger charge is -2.24. The standard InChI is InChI=1S/C11H17ClN2O2/c1-7-5-6-13-10(12)9(7)14-8(2)11(15-3)16-4/h5-6,8,11,14H,1-4H3. The number of aromatic nitrogens is 1. The third kappa shape index (κ3) is 3.07. The number of aryl methyl sites for hydroxylation is 1. The summed E-state index contributed by atoms with van der Waals surface area (Å²) >= 11 is 6.01. The molecule has 90 valence electrons. The molecule has 0 saturated carbocycles. The normalized spacial score (nSPS) is 12.9. The number of methoxy groups -OCH3 is 2. The van der Waals surface area contributed by atoms with Crippen molar-refractivity contribution in [3.8, 4) is 0 Å². The molecule has 1 rings (SSSR count). The zero-order valence-corrected chi connectivity index (χ0v) is 10.7. The number of pyridine rings is 1. The second kappa shape index (κ2) is 6.03. The van der Waals surface area contributed by atoms with Gasteiger partial charge in [-0.2, -0.15) is 0 Å². The van der Waals surface area contributed by atoms with Crippen LogP contribution >= 0.6 is 11.6 Å². The second-order valence-corrected chi connectivity index (χ2v) is 3.92. The molecule has 0 fully saturated rings. The predicted molar refractivity (Wildman–Crippen MR) is 64.9 cm³/mol. The molecule has 0 aromatic carbocycles. The molecular formula is C11H17ClN2O2. The Balaban J connectivity index is 2.80. The van der Waals surface area contributed by atoms with E-state index in [0.29, 0.717) is 5.15 Å². The molecule has 0 aliphatic carbocycles. The minimum Gasteiger partial charge on any atom is -0.375 e. The molecule has 0 saturated heterocycles. The molecule has 0 aliphatic heterocycles. The van der Waals surface area contributed by atoms with E-state index in [0.717, 1.165) is 11.3 Å². The van der Waals surface area contributed by atoms with Crippen molar-refractivity contribution in [1.29, 1.82) is 0 Å². The van der Waals surface area contributed by atoms with Gasteiger partial charge in [0, 0.05) is 20.4 Å². The molecule has 0 bridgehead atoms. The van der Waals surface area contributed by atoms with Gasteiger partial charge < -0.3 is 14.8 Å². The number of rotatable bonds is 5. The highest BCUT2D eigenvalue weighted by Crippen LogP contribution is 2.24. The summed E-state index contributed by atoms with van der Waals surface area (Å²) in [5, 5.41) is 3.69. The number of hydrogen-bond donors (Lipinski definition) is 1. The van der Waals surface area contributed by atoms with Crippen molar-refractivity contribution in [2.45, 2.75) is 26.2 Å². The van der Waals surface area contributed by atoms with Crippen LogP contribution in [0.25, 0.3) is 0 Å². The van der Waals surface area contributed by atoms with Crippen LogP contribution in [0.5, 0.6) is 0 Å². The molecule has 0 aliphatic rings. The molecule has 1 heterocycles. The first-order valence-electron chi connectivity index (χ1n) is 5.03. The van der Waals surface area contributed by atoms with Gasteiger partial charge in [0.25, 0.3) is 0 Å². The minimum atomic E-state index is -0.323. The van der Waals surface area contributed by atoms with Crippen molar-refractivity contribution < 1.29 is 9.47 Å². The average Bonchev–Trinajstić information content (AvgIpc) is 2.25. The Morgan fingerprint density at radius 3 is 2.50 bits per heavy atom. The van der Waals surface area contributed by atoms with Crippen molar-refractivity contribution in [3.63, 3.8) is 0 Å². The van der Waals surface area contributed by atoms with Gasteiger partial charge in [0.15, 0.2) is 11.4 Å². The summed E-state index contributed by atoms with van der Waals surface area (Å²) < 4.78 is 10.3. The minimum absolute atomic E-state index is 0.0181. The maximum absolute atomic E-state index is 6.01. The fourth-order valence-electron chi connectivity index (χ4n) is 1.50. The van der Waals surface area contributed by atoms with Crippen LogP contribution in [0.4, 0.5) is 5.69 Å². The number of nitrogens with zero attached hydrogens (tertiary/aromatic N) is 1. The molecule has 0 amide bonds. The number of halogens is 1. The van der Waals surface area contributed by atoms with Crippen LogP contribution in [0.3, 0.4) is 0 Å². The third-order valence-corrected chi connectivity index (χ3v) is 2.64. The maximum atomic E-state index is 6.01. The Morgan fingerprint density at radius 2 is 2.00 bits per heavy atom. The quantitative estimate of drug-likeness (QED) is 0.638. The smallest absolute Gasteiger partial charge is 0.176 e. The SMILES string of the molecule is COC(OC)C(C)Nc1c(C)ccnc1Cl. The summed E-state index contributed by atoms with van der Waals surface area (Å²) in [5.41, 5.74) is 1.86. The molecule has 0 radical (unpaired) electrons. The number of anilines is 1. The highest BCUT2D eigenvalue weighted by molar-refractivity contribution is 6.32. The van der Waals surface area contributed by atoms with Gasteiger partial charge in [-0.05, 0) is 25.5 Å². The van der Waals surface area contributed by atoms with E-state index in [2.05, 4.69) is 10.3 Å². The summed E-state index contributed by atoms with van der Waals surface area (Å²) in [6.07, 6.45) is 1.35. The Labute approximate surface area is 101 Å². The first-order chi connectivity index (χ1) is 7.60. The molecular weight excluding hydrogens is 228 g/mol. The summed E-state index contributed by atoms with van der Waals surface area (Å²) in [4.78, 5) is 4.03. The number of nitrogens with one attached hydrogen (secondary N) is 1. The Hall–Kier alpha value is -0.840. The lowest BCUT2D eigenvalue weighted by atomic mass is 10.2. The van der Waals surface area contributed by atoms with Gasteiger partial charge in [-0.25, -0.2) is 4.98 Å². The van der Waals surface area contributed by atoms with Crippen LogP contribution in [0, 0.1) is 6.92 Å². The topological polar surface area (TPSA) is 43.4 Å². The van der Waals surface area contributed by atoms with E-state index in [4.69, 9.17) is 21.1 Å². The molecule has 16 heavy (non-hydrogen) atoms. The number of hydrogen-bond acceptors (Lipinski definition) is 4. The monoisotopic (exact) mass is 244 g/mol. The van der Waals surface area contributed by atoms with E-state index in [1.807, 2.05) is 19.9 Å². The second-order valence-electron chi connectivity index (χ2n) is 3.57. The molecule has 1 aromatic rings. The van der Waals surface area contributed by atoms with Crippen molar-refractivity contribution in [1.82, 2.24) is 4.98 Å². The van der Waals surface area contributed by atoms with Crippen molar-refractivity contribution in [2.75, 3.05) is 19.5 Å². The van der Waals surface area contributed by atoms with Crippen molar-refractivity contribution in [3.05, 3.63) is 23.0 Å². The van der Waals surface area contributed by atoms with E-state index >= 15 is 0 Å². The molecule has 4 nitrogen and oxygen atoms in total. The van der Waals surface area contributed by atoms with E-state index in [1.54, 1.807) is 20.4 Å². The zero-order chi connectivity index (χ0) is 12.1. The Bertz CT molecular complexity index is 323. The summed E-state index contributed by atoms with van der Waals surface area (Å²) in [6.45, 7) is 3.93. The van der Waals surface area contributed by atoms with Crippen LogP contribution in [-0.2, 0) is 9.47 Å². The molecule has 1 unspecified atom stereocenters. The zero-order valence-electron chi connectivity index (χ0n) is 9.95.